The molecule has 2 rings (SSSR count). The summed E-state index contributed by atoms with van der Waals surface area (Å²) >= 11 is 1.39. The first-order chi connectivity index (χ1) is 8.93. The fraction of sp³-hybridized carbons (Fsp3) is 0.667. The molecular weight excluding hydrogens is 268 g/mol. The molecule has 19 heavy (non-hydrogen) atoms. The van der Waals surface area contributed by atoms with E-state index in [0.29, 0.717) is 12.3 Å². The minimum absolute atomic E-state index is 0.111. The van der Waals surface area contributed by atoms with Crippen LogP contribution in [-0.2, 0) is 14.2 Å². The average Bonchev–Trinajstić information content (AvgIpc) is 2.85. The van der Waals surface area contributed by atoms with Gasteiger partial charge in [0.2, 0.25) is 0 Å². The molecule has 1 saturated heterocycles. The third-order valence-electron chi connectivity index (χ3n) is 2.85. The molecule has 0 bridgehead atoms. The standard InChI is InChI=1S/C12H18N2O4S/c1-12(2)17-6-5-9(18-12)14(3)11-13-8(7-19-11)10(15)16-4/h7,9H,5-6H2,1-4H3. The number of nitrogens with zero attached hydrogens (tertiary/aromatic N) is 2. The molecule has 0 saturated carbocycles. The summed E-state index contributed by atoms with van der Waals surface area (Å²) in [6.07, 6.45) is 0.646. The van der Waals surface area contributed by atoms with Crippen molar-refractivity contribution >= 4 is 22.4 Å². The van der Waals surface area contributed by atoms with Gasteiger partial charge in [-0.05, 0) is 13.8 Å². The lowest BCUT2D eigenvalue weighted by Crippen LogP contribution is -2.47. The second-order valence-corrected chi connectivity index (χ2v) is 5.56. The molecule has 0 spiro atoms. The predicted molar refractivity (Wildman–Crippen MR) is 71.4 cm³/mol. The van der Waals surface area contributed by atoms with Crippen molar-refractivity contribution in [1.29, 1.82) is 0 Å². The fourth-order valence-corrected chi connectivity index (χ4v) is 2.65. The Hall–Kier alpha value is -1.18. The van der Waals surface area contributed by atoms with Crippen molar-refractivity contribution in [2.24, 2.45) is 0 Å². The smallest absolute Gasteiger partial charge is 0.357 e. The molecule has 6 nitrogen and oxygen atoms in total. The van der Waals surface area contributed by atoms with Crippen LogP contribution in [0.4, 0.5) is 5.13 Å². The molecule has 0 aromatic carbocycles. The van der Waals surface area contributed by atoms with Gasteiger partial charge < -0.3 is 19.1 Å². The molecule has 1 aliphatic rings. The van der Waals surface area contributed by atoms with E-state index in [2.05, 4.69) is 9.72 Å². The number of hydrogen-bond acceptors (Lipinski definition) is 7. The molecule has 106 valence electrons. The van der Waals surface area contributed by atoms with Crippen LogP contribution in [-0.4, -0.2) is 43.7 Å². The highest BCUT2D eigenvalue weighted by Crippen LogP contribution is 2.28. The molecule has 7 heteroatoms. The molecule has 1 aromatic rings. The Morgan fingerprint density at radius 1 is 1.63 bits per heavy atom. The Balaban J connectivity index is 2.09. The van der Waals surface area contributed by atoms with Crippen LogP contribution in [0.1, 0.15) is 30.8 Å². The molecule has 0 aliphatic carbocycles. The van der Waals surface area contributed by atoms with E-state index in [1.165, 1.54) is 18.4 Å². The van der Waals surface area contributed by atoms with Gasteiger partial charge in [0.15, 0.2) is 16.6 Å². The van der Waals surface area contributed by atoms with Gasteiger partial charge >= 0.3 is 5.97 Å². The highest BCUT2D eigenvalue weighted by atomic mass is 32.1. The van der Waals surface area contributed by atoms with Crippen molar-refractivity contribution in [3.63, 3.8) is 0 Å². The number of aromatic nitrogens is 1. The number of carbonyl (C=O) groups is 1. The van der Waals surface area contributed by atoms with Gasteiger partial charge in [-0.15, -0.1) is 11.3 Å². The van der Waals surface area contributed by atoms with E-state index < -0.39 is 11.8 Å². The van der Waals surface area contributed by atoms with E-state index in [9.17, 15) is 4.79 Å². The second-order valence-electron chi connectivity index (χ2n) is 4.73. The molecule has 1 atom stereocenters. The van der Waals surface area contributed by atoms with E-state index in [1.54, 1.807) is 5.38 Å². The molecule has 0 radical (unpaired) electrons. The molecular formula is C12H18N2O4S. The molecule has 1 aliphatic heterocycles. The van der Waals surface area contributed by atoms with Gasteiger partial charge in [-0.3, -0.25) is 0 Å². The van der Waals surface area contributed by atoms with Crippen LogP contribution in [0.25, 0.3) is 0 Å². The van der Waals surface area contributed by atoms with E-state index in [0.717, 1.165) is 11.6 Å². The first kappa shape index (κ1) is 14.2. The first-order valence-corrected chi connectivity index (χ1v) is 6.89. The maximum Gasteiger partial charge on any atom is 0.357 e. The largest absolute Gasteiger partial charge is 0.464 e. The van der Waals surface area contributed by atoms with E-state index >= 15 is 0 Å². The maximum absolute atomic E-state index is 11.4. The summed E-state index contributed by atoms with van der Waals surface area (Å²) in [6.45, 7) is 4.40. The van der Waals surface area contributed by atoms with Crippen molar-refractivity contribution in [2.45, 2.75) is 32.3 Å². The van der Waals surface area contributed by atoms with E-state index in [-0.39, 0.29) is 6.23 Å². The summed E-state index contributed by atoms with van der Waals surface area (Å²) in [7, 11) is 3.24. The summed E-state index contributed by atoms with van der Waals surface area (Å²) in [4.78, 5) is 17.6. The summed E-state index contributed by atoms with van der Waals surface area (Å²) in [5.41, 5.74) is 0.320. The zero-order chi connectivity index (χ0) is 14.0. The molecule has 1 fully saturated rings. The van der Waals surface area contributed by atoms with Crippen LogP contribution in [0.5, 0.6) is 0 Å². The lowest BCUT2D eigenvalue weighted by atomic mass is 10.3. The quantitative estimate of drug-likeness (QED) is 0.790. The Morgan fingerprint density at radius 3 is 3.00 bits per heavy atom. The van der Waals surface area contributed by atoms with Gasteiger partial charge in [0.25, 0.3) is 0 Å². The highest BCUT2D eigenvalue weighted by molar-refractivity contribution is 7.13. The normalized spacial score (nSPS) is 22.0. The van der Waals surface area contributed by atoms with Gasteiger partial charge in [0, 0.05) is 18.8 Å². The van der Waals surface area contributed by atoms with Crippen LogP contribution in [0.2, 0.25) is 0 Å². The Morgan fingerprint density at radius 2 is 2.37 bits per heavy atom. The average molecular weight is 286 g/mol. The van der Waals surface area contributed by atoms with Crippen molar-refractivity contribution in [2.75, 3.05) is 25.7 Å². The molecule has 1 unspecified atom stereocenters. The summed E-state index contributed by atoms with van der Waals surface area (Å²) in [6, 6.07) is 0. The van der Waals surface area contributed by atoms with Gasteiger partial charge in [-0.2, -0.15) is 0 Å². The van der Waals surface area contributed by atoms with Gasteiger partial charge in [-0.1, -0.05) is 0 Å². The number of rotatable bonds is 3. The number of esters is 1. The topological polar surface area (TPSA) is 60.9 Å². The third-order valence-corrected chi connectivity index (χ3v) is 3.79. The molecule has 1 aromatic heterocycles. The van der Waals surface area contributed by atoms with Crippen molar-refractivity contribution in [3.8, 4) is 0 Å². The number of anilines is 1. The third kappa shape index (κ3) is 3.23. The van der Waals surface area contributed by atoms with E-state index in [1.807, 2.05) is 25.8 Å². The minimum atomic E-state index is -0.598. The number of ether oxygens (including phenoxy) is 3. The lowest BCUT2D eigenvalue weighted by Gasteiger charge is -2.39. The number of thiazole rings is 1. The molecule has 2 heterocycles. The molecule has 0 N–H and O–H groups in total. The summed E-state index contributed by atoms with van der Waals surface area (Å²) in [5.74, 6) is -1.02. The second kappa shape index (κ2) is 5.44. The minimum Gasteiger partial charge on any atom is -0.464 e. The zero-order valence-electron chi connectivity index (χ0n) is 11.5. The van der Waals surface area contributed by atoms with Crippen LogP contribution in [0.3, 0.4) is 0 Å². The van der Waals surface area contributed by atoms with Crippen LogP contribution in [0.15, 0.2) is 5.38 Å². The Bertz CT molecular complexity index is 460. The summed E-state index contributed by atoms with van der Waals surface area (Å²) in [5, 5.41) is 2.41. The monoisotopic (exact) mass is 286 g/mol. The van der Waals surface area contributed by atoms with Gasteiger partial charge in [-0.25, -0.2) is 9.78 Å². The number of carbonyl (C=O) groups excluding carboxylic acids is 1. The molecule has 0 amide bonds. The van der Waals surface area contributed by atoms with Crippen LogP contribution >= 0.6 is 11.3 Å². The van der Waals surface area contributed by atoms with Gasteiger partial charge in [0.1, 0.15) is 6.23 Å². The van der Waals surface area contributed by atoms with E-state index in [4.69, 9.17) is 9.47 Å². The lowest BCUT2D eigenvalue weighted by molar-refractivity contribution is -0.272. The van der Waals surface area contributed by atoms with Crippen molar-refractivity contribution in [1.82, 2.24) is 4.98 Å². The maximum atomic E-state index is 11.4. The number of methoxy groups -OCH3 is 1. The number of hydrogen-bond donors (Lipinski definition) is 0. The van der Waals surface area contributed by atoms with Crippen molar-refractivity contribution in [3.05, 3.63) is 11.1 Å². The highest BCUT2D eigenvalue weighted by Gasteiger charge is 2.32. The summed E-state index contributed by atoms with van der Waals surface area (Å²) < 4.78 is 16.0. The SMILES string of the molecule is COC(=O)c1csc(N(C)C2CCOC(C)(C)O2)n1. The van der Waals surface area contributed by atoms with Crippen LogP contribution < -0.4 is 4.90 Å². The predicted octanol–water partition coefficient (Wildman–Crippen LogP) is 1.86. The van der Waals surface area contributed by atoms with Crippen molar-refractivity contribution < 1.29 is 19.0 Å². The Kier molecular flexibility index (Phi) is 4.07. The zero-order valence-corrected chi connectivity index (χ0v) is 12.3. The van der Waals surface area contributed by atoms with Crippen LogP contribution in [0, 0.1) is 0 Å². The first-order valence-electron chi connectivity index (χ1n) is 6.01. The Labute approximate surface area is 116 Å². The van der Waals surface area contributed by atoms with Gasteiger partial charge in [0.05, 0.1) is 13.7 Å². The fourth-order valence-electron chi connectivity index (χ4n) is 1.85.